The van der Waals surface area contributed by atoms with Crippen LogP contribution in [0.4, 0.5) is 5.69 Å². The quantitative estimate of drug-likeness (QED) is 0.861. The average Bonchev–Trinajstić information content (AvgIpc) is 2.28. The minimum Gasteiger partial charge on any atom is -0.480 e. The number of carbonyl (C=O) groups is 1. The van der Waals surface area contributed by atoms with E-state index in [2.05, 4.69) is 19.2 Å². The van der Waals surface area contributed by atoms with E-state index in [1.165, 1.54) is 0 Å². The summed E-state index contributed by atoms with van der Waals surface area (Å²) < 4.78 is 0. The second-order valence-electron chi connectivity index (χ2n) is 5.73. The fourth-order valence-corrected chi connectivity index (χ4v) is 3.25. The third-order valence-electron chi connectivity index (χ3n) is 3.77. The lowest BCUT2D eigenvalue weighted by atomic mass is 9.71. The largest absolute Gasteiger partial charge is 0.480 e. The zero-order chi connectivity index (χ0) is 13.2. The SMILES string of the molecule is CC1CC(C)CC(Nc2ccccc2)(C(=O)O)C1. The van der Waals surface area contributed by atoms with Crippen LogP contribution in [0.1, 0.15) is 33.1 Å². The number of hydrogen-bond donors (Lipinski definition) is 2. The molecule has 0 radical (unpaired) electrons. The lowest BCUT2D eigenvalue weighted by Gasteiger charge is -2.40. The maximum atomic E-state index is 11.7. The molecule has 1 aromatic rings. The Balaban J connectivity index is 2.24. The van der Waals surface area contributed by atoms with E-state index in [0.717, 1.165) is 12.1 Å². The number of aliphatic carboxylic acids is 1. The maximum Gasteiger partial charge on any atom is 0.329 e. The minimum atomic E-state index is -0.807. The first-order chi connectivity index (χ1) is 8.52. The van der Waals surface area contributed by atoms with Gasteiger partial charge in [0.05, 0.1) is 0 Å². The molecule has 1 aliphatic carbocycles. The molecule has 0 heterocycles. The van der Waals surface area contributed by atoms with Gasteiger partial charge in [0, 0.05) is 5.69 Å². The molecule has 0 aromatic heterocycles. The van der Waals surface area contributed by atoms with Crippen LogP contribution in [0.3, 0.4) is 0 Å². The van der Waals surface area contributed by atoms with Crippen molar-refractivity contribution in [2.75, 3.05) is 5.32 Å². The predicted molar refractivity (Wildman–Crippen MR) is 72.6 cm³/mol. The van der Waals surface area contributed by atoms with Crippen molar-refractivity contribution in [1.82, 2.24) is 0 Å². The molecular weight excluding hydrogens is 226 g/mol. The van der Waals surface area contributed by atoms with Crippen molar-refractivity contribution in [3.05, 3.63) is 30.3 Å². The Morgan fingerprint density at radius 3 is 2.28 bits per heavy atom. The highest BCUT2D eigenvalue weighted by Gasteiger charge is 2.44. The van der Waals surface area contributed by atoms with Gasteiger partial charge in [-0.25, -0.2) is 4.79 Å². The second kappa shape index (κ2) is 5.01. The van der Waals surface area contributed by atoms with Crippen molar-refractivity contribution in [3.63, 3.8) is 0 Å². The van der Waals surface area contributed by atoms with Gasteiger partial charge in [0.25, 0.3) is 0 Å². The van der Waals surface area contributed by atoms with E-state index in [1.807, 2.05) is 30.3 Å². The second-order valence-corrected chi connectivity index (χ2v) is 5.73. The number of nitrogens with one attached hydrogen (secondary N) is 1. The van der Waals surface area contributed by atoms with Crippen LogP contribution in [0.25, 0.3) is 0 Å². The lowest BCUT2D eigenvalue weighted by Crippen LogP contribution is -2.51. The molecule has 2 N–H and O–H groups in total. The smallest absolute Gasteiger partial charge is 0.329 e. The number of hydrogen-bond acceptors (Lipinski definition) is 2. The third-order valence-corrected chi connectivity index (χ3v) is 3.77. The van der Waals surface area contributed by atoms with E-state index in [1.54, 1.807) is 0 Å². The fraction of sp³-hybridized carbons (Fsp3) is 0.533. The van der Waals surface area contributed by atoms with Gasteiger partial charge in [0.15, 0.2) is 0 Å². The molecular formula is C15H21NO2. The van der Waals surface area contributed by atoms with Gasteiger partial charge >= 0.3 is 5.97 Å². The van der Waals surface area contributed by atoms with Gasteiger partial charge in [-0.2, -0.15) is 0 Å². The Morgan fingerprint density at radius 1 is 1.22 bits per heavy atom. The average molecular weight is 247 g/mol. The molecule has 1 aliphatic rings. The molecule has 1 aromatic carbocycles. The van der Waals surface area contributed by atoms with Gasteiger partial charge in [-0.15, -0.1) is 0 Å². The van der Waals surface area contributed by atoms with E-state index in [0.29, 0.717) is 24.7 Å². The molecule has 2 unspecified atom stereocenters. The highest BCUT2D eigenvalue weighted by Crippen LogP contribution is 2.38. The van der Waals surface area contributed by atoms with Gasteiger partial charge < -0.3 is 10.4 Å². The summed E-state index contributed by atoms with van der Waals surface area (Å²) in [5.41, 5.74) is 0.0829. The van der Waals surface area contributed by atoms with Crippen LogP contribution < -0.4 is 5.32 Å². The molecule has 3 nitrogen and oxygen atoms in total. The number of rotatable bonds is 3. The number of para-hydroxylation sites is 1. The first-order valence-electron chi connectivity index (χ1n) is 6.58. The lowest BCUT2D eigenvalue weighted by molar-refractivity contribution is -0.144. The first-order valence-corrected chi connectivity index (χ1v) is 6.58. The Labute approximate surface area is 108 Å². The summed E-state index contributed by atoms with van der Waals surface area (Å²) in [6, 6.07) is 9.63. The molecule has 18 heavy (non-hydrogen) atoms. The summed E-state index contributed by atoms with van der Waals surface area (Å²) in [5, 5.41) is 12.9. The summed E-state index contributed by atoms with van der Waals surface area (Å²) in [7, 11) is 0. The minimum absolute atomic E-state index is 0.445. The summed E-state index contributed by atoms with van der Waals surface area (Å²) in [6.07, 6.45) is 2.51. The molecule has 0 amide bonds. The molecule has 0 bridgehead atoms. The van der Waals surface area contributed by atoms with Gasteiger partial charge in [-0.1, -0.05) is 32.0 Å². The van der Waals surface area contributed by atoms with Gasteiger partial charge in [0.1, 0.15) is 5.54 Å². The maximum absolute atomic E-state index is 11.7. The van der Waals surface area contributed by atoms with E-state index < -0.39 is 11.5 Å². The molecule has 0 saturated heterocycles. The molecule has 3 heteroatoms. The third kappa shape index (κ3) is 2.66. The standard InChI is InChI=1S/C15H21NO2/c1-11-8-12(2)10-15(9-11,14(17)18)16-13-6-4-3-5-7-13/h3-7,11-12,16H,8-10H2,1-2H3,(H,17,18). The van der Waals surface area contributed by atoms with Crippen LogP contribution >= 0.6 is 0 Å². The van der Waals surface area contributed by atoms with Crippen LogP contribution in [0.2, 0.25) is 0 Å². The molecule has 0 aliphatic heterocycles. The van der Waals surface area contributed by atoms with Crippen LogP contribution in [-0.4, -0.2) is 16.6 Å². The molecule has 98 valence electrons. The molecule has 0 spiro atoms. The topological polar surface area (TPSA) is 49.3 Å². The van der Waals surface area contributed by atoms with Crippen molar-refractivity contribution in [2.45, 2.75) is 38.6 Å². The van der Waals surface area contributed by atoms with Gasteiger partial charge in [0.2, 0.25) is 0 Å². The predicted octanol–water partition coefficient (Wildman–Crippen LogP) is 3.38. The molecule has 1 fully saturated rings. The van der Waals surface area contributed by atoms with E-state index in [9.17, 15) is 9.90 Å². The number of benzene rings is 1. The zero-order valence-electron chi connectivity index (χ0n) is 11.0. The number of anilines is 1. The Morgan fingerprint density at radius 2 is 1.78 bits per heavy atom. The van der Waals surface area contributed by atoms with Crippen molar-refractivity contribution in [2.24, 2.45) is 11.8 Å². The Hall–Kier alpha value is -1.51. The molecule has 1 saturated carbocycles. The highest BCUT2D eigenvalue weighted by atomic mass is 16.4. The Bertz CT molecular complexity index is 406. The van der Waals surface area contributed by atoms with Crippen LogP contribution in [0, 0.1) is 11.8 Å². The summed E-state index contributed by atoms with van der Waals surface area (Å²) in [4.78, 5) is 11.7. The fourth-order valence-electron chi connectivity index (χ4n) is 3.25. The summed E-state index contributed by atoms with van der Waals surface area (Å²) in [6.45, 7) is 4.28. The monoisotopic (exact) mass is 247 g/mol. The summed E-state index contributed by atoms with van der Waals surface area (Å²) in [5.74, 6) is 0.159. The normalized spacial score (nSPS) is 31.9. The van der Waals surface area contributed by atoms with Crippen molar-refractivity contribution in [1.29, 1.82) is 0 Å². The van der Waals surface area contributed by atoms with E-state index in [4.69, 9.17) is 0 Å². The molecule has 2 atom stereocenters. The highest BCUT2D eigenvalue weighted by molar-refractivity contribution is 5.83. The van der Waals surface area contributed by atoms with Crippen molar-refractivity contribution >= 4 is 11.7 Å². The first kappa shape index (κ1) is 12.9. The van der Waals surface area contributed by atoms with Gasteiger partial charge in [-0.05, 0) is 43.2 Å². The van der Waals surface area contributed by atoms with Crippen LogP contribution in [-0.2, 0) is 4.79 Å². The van der Waals surface area contributed by atoms with E-state index >= 15 is 0 Å². The van der Waals surface area contributed by atoms with Crippen molar-refractivity contribution < 1.29 is 9.90 Å². The van der Waals surface area contributed by atoms with Crippen LogP contribution in [0.5, 0.6) is 0 Å². The number of carboxylic acids is 1. The van der Waals surface area contributed by atoms with Gasteiger partial charge in [-0.3, -0.25) is 0 Å². The van der Waals surface area contributed by atoms with Crippen molar-refractivity contribution in [3.8, 4) is 0 Å². The Kier molecular flexibility index (Phi) is 3.60. The van der Waals surface area contributed by atoms with Crippen LogP contribution in [0.15, 0.2) is 30.3 Å². The molecule has 2 rings (SSSR count). The van der Waals surface area contributed by atoms with E-state index in [-0.39, 0.29) is 0 Å². The number of carboxylic acid groups (broad SMARTS) is 1. The summed E-state index contributed by atoms with van der Waals surface area (Å²) >= 11 is 0. The zero-order valence-corrected chi connectivity index (χ0v) is 11.0.